The summed E-state index contributed by atoms with van der Waals surface area (Å²) in [6.07, 6.45) is 5.09. The summed E-state index contributed by atoms with van der Waals surface area (Å²) in [5, 5.41) is 14.7. The second kappa shape index (κ2) is 10.0. The maximum atomic E-state index is 12.9. The molecule has 0 spiro atoms. The summed E-state index contributed by atoms with van der Waals surface area (Å²) in [7, 11) is 0. The third-order valence-electron chi connectivity index (χ3n) is 6.78. The highest BCUT2D eigenvalue weighted by atomic mass is 32.1. The molecule has 3 heterocycles. The lowest BCUT2D eigenvalue weighted by Gasteiger charge is -2.37. The van der Waals surface area contributed by atoms with E-state index in [0.29, 0.717) is 5.13 Å². The summed E-state index contributed by atoms with van der Waals surface area (Å²) in [5.41, 5.74) is 8.12. The van der Waals surface area contributed by atoms with Crippen LogP contribution in [0.2, 0.25) is 0 Å². The Bertz CT molecular complexity index is 1210. The maximum absolute atomic E-state index is 12.9. The SMILES string of the molecule is Nc1nc(Nc2ccc(N3CCC(N4CCCC4)CC3)cc2)sc1C(=O)c1cccc([N+](=O)[O-])c1. The molecule has 2 aromatic carbocycles. The lowest BCUT2D eigenvalue weighted by atomic mass is 10.0. The number of nitrogen functional groups attached to an aromatic ring is 1. The third kappa shape index (κ3) is 5.13. The molecule has 2 aliphatic heterocycles. The molecular formula is C25H28N6O3S. The van der Waals surface area contributed by atoms with Crippen LogP contribution in [0.3, 0.4) is 0 Å². The van der Waals surface area contributed by atoms with Gasteiger partial charge < -0.3 is 20.9 Å². The Morgan fingerprint density at radius 3 is 2.49 bits per heavy atom. The summed E-state index contributed by atoms with van der Waals surface area (Å²) in [6.45, 7) is 4.65. The predicted octanol–water partition coefficient (Wildman–Crippen LogP) is 4.67. The number of nitrogens with two attached hydrogens (primary N) is 1. The van der Waals surface area contributed by atoms with Gasteiger partial charge in [-0.05, 0) is 63.0 Å². The second-order valence-corrected chi connectivity index (χ2v) is 10.0. The van der Waals surface area contributed by atoms with Gasteiger partial charge in [0.25, 0.3) is 5.69 Å². The molecule has 0 amide bonds. The van der Waals surface area contributed by atoms with Crippen LogP contribution in [-0.4, -0.2) is 52.8 Å². The van der Waals surface area contributed by atoms with Crippen molar-refractivity contribution < 1.29 is 9.72 Å². The molecule has 2 saturated heterocycles. The van der Waals surface area contributed by atoms with E-state index in [2.05, 4.69) is 32.2 Å². The molecule has 182 valence electrons. The van der Waals surface area contributed by atoms with Gasteiger partial charge in [-0.15, -0.1) is 0 Å². The number of hydrogen-bond acceptors (Lipinski definition) is 9. The van der Waals surface area contributed by atoms with Gasteiger partial charge in [0, 0.05) is 48.2 Å². The van der Waals surface area contributed by atoms with Crippen molar-refractivity contribution in [3.63, 3.8) is 0 Å². The fraction of sp³-hybridized carbons (Fsp3) is 0.360. The van der Waals surface area contributed by atoms with Gasteiger partial charge in [0.15, 0.2) is 5.13 Å². The quantitative estimate of drug-likeness (QED) is 0.277. The zero-order chi connectivity index (χ0) is 24.4. The highest BCUT2D eigenvalue weighted by Gasteiger charge is 2.26. The van der Waals surface area contributed by atoms with Gasteiger partial charge >= 0.3 is 0 Å². The molecule has 5 rings (SSSR count). The van der Waals surface area contributed by atoms with Crippen LogP contribution in [0, 0.1) is 10.1 Å². The number of nitro benzene ring substituents is 1. The van der Waals surface area contributed by atoms with Gasteiger partial charge in [0.05, 0.1) is 4.92 Å². The van der Waals surface area contributed by atoms with E-state index in [9.17, 15) is 14.9 Å². The fourth-order valence-corrected chi connectivity index (χ4v) is 5.78. The number of rotatable bonds is 7. The number of likely N-dealkylation sites (tertiary alicyclic amines) is 1. The average molecular weight is 493 g/mol. The Kier molecular flexibility index (Phi) is 6.65. The third-order valence-corrected chi connectivity index (χ3v) is 7.77. The molecule has 10 heteroatoms. The van der Waals surface area contributed by atoms with E-state index in [-0.39, 0.29) is 27.7 Å². The number of nitro groups is 1. The number of non-ortho nitro benzene ring substituents is 1. The molecule has 2 aliphatic rings. The summed E-state index contributed by atoms with van der Waals surface area (Å²) in [6, 6.07) is 14.6. The van der Waals surface area contributed by atoms with Crippen molar-refractivity contribution in [1.29, 1.82) is 0 Å². The van der Waals surface area contributed by atoms with Crippen molar-refractivity contribution in [2.75, 3.05) is 42.1 Å². The van der Waals surface area contributed by atoms with E-state index in [4.69, 9.17) is 5.73 Å². The van der Waals surface area contributed by atoms with E-state index < -0.39 is 4.92 Å². The first-order chi connectivity index (χ1) is 17.0. The van der Waals surface area contributed by atoms with E-state index >= 15 is 0 Å². The van der Waals surface area contributed by atoms with Crippen molar-refractivity contribution in [2.45, 2.75) is 31.7 Å². The number of thiazole rings is 1. The number of anilines is 4. The minimum absolute atomic E-state index is 0.103. The number of carbonyl (C=O) groups excluding carboxylic acids is 1. The lowest BCUT2D eigenvalue weighted by molar-refractivity contribution is -0.384. The van der Waals surface area contributed by atoms with Crippen molar-refractivity contribution in [1.82, 2.24) is 9.88 Å². The minimum atomic E-state index is -0.529. The normalized spacial score (nSPS) is 17.0. The number of nitrogens with one attached hydrogen (secondary N) is 1. The molecule has 2 fully saturated rings. The van der Waals surface area contributed by atoms with Crippen LogP contribution < -0.4 is 16.0 Å². The van der Waals surface area contributed by atoms with Gasteiger partial charge in [0.2, 0.25) is 5.78 Å². The maximum Gasteiger partial charge on any atom is 0.270 e. The van der Waals surface area contributed by atoms with Crippen molar-refractivity contribution in [3.05, 3.63) is 69.1 Å². The van der Waals surface area contributed by atoms with Crippen LogP contribution in [-0.2, 0) is 0 Å². The number of carbonyl (C=O) groups is 1. The molecule has 3 N–H and O–H groups in total. The van der Waals surface area contributed by atoms with E-state index in [1.165, 1.54) is 68.7 Å². The van der Waals surface area contributed by atoms with E-state index in [1.807, 2.05) is 12.1 Å². The number of benzene rings is 2. The second-order valence-electron chi connectivity index (χ2n) is 9.00. The molecule has 0 unspecified atom stereocenters. The van der Waals surface area contributed by atoms with E-state index in [1.54, 1.807) is 0 Å². The molecule has 3 aromatic rings. The first kappa shape index (κ1) is 23.3. The summed E-state index contributed by atoms with van der Waals surface area (Å²) in [4.78, 5) is 33.0. The monoisotopic (exact) mass is 492 g/mol. The van der Waals surface area contributed by atoms with Crippen molar-refractivity contribution in [3.8, 4) is 0 Å². The largest absolute Gasteiger partial charge is 0.382 e. The van der Waals surface area contributed by atoms with Gasteiger partial charge in [-0.2, -0.15) is 0 Å². The summed E-state index contributed by atoms with van der Waals surface area (Å²) < 4.78 is 0. The molecule has 0 bridgehead atoms. The Balaban J connectivity index is 1.22. The topological polar surface area (TPSA) is 118 Å². The summed E-state index contributed by atoms with van der Waals surface area (Å²) >= 11 is 1.13. The molecular weight excluding hydrogens is 464 g/mol. The van der Waals surface area contributed by atoms with Gasteiger partial charge in [-0.1, -0.05) is 23.5 Å². The Morgan fingerprint density at radius 1 is 1.09 bits per heavy atom. The predicted molar refractivity (Wildman–Crippen MR) is 139 cm³/mol. The fourth-order valence-electron chi connectivity index (χ4n) is 4.91. The van der Waals surface area contributed by atoms with Gasteiger partial charge in [-0.3, -0.25) is 14.9 Å². The highest BCUT2D eigenvalue weighted by Crippen LogP contribution is 2.31. The number of piperidine rings is 1. The van der Waals surface area contributed by atoms with Crippen LogP contribution in [0.1, 0.15) is 40.9 Å². The highest BCUT2D eigenvalue weighted by molar-refractivity contribution is 7.18. The Labute approximate surface area is 207 Å². The van der Waals surface area contributed by atoms with Crippen LogP contribution >= 0.6 is 11.3 Å². The molecule has 0 aliphatic carbocycles. The van der Waals surface area contributed by atoms with E-state index in [0.717, 1.165) is 36.2 Å². The number of ketones is 1. The lowest BCUT2D eigenvalue weighted by Crippen LogP contribution is -2.43. The first-order valence-electron chi connectivity index (χ1n) is 11.9. The Hall–Kier alpha value is -3.50. The zero-order valence-electron chi connectivity index (χ0n) is 19.4. The minimum Gasteiger partial charge on any atom is -0.382 e. The van der Waals surface area contributed by atoms with Crippen LogP contribution in [0.15, 0.2) is 48.5 Å². The smallest absolute Gasteiger partial charge is 0.270 e. The molecule has 0 atom stereocenters. The number of aromatic nitrogens is 1. The van der Waals surface area contributed by atoms with Crippen molar-refractivity contribution >= 4 is 45.1 Å². The zero-order valence-corrected chi connectivity index (χ0v) is 20.2. The van der Waals surface area contributed by atoms with Gasteiger partial charge in [-0.25, -0.2) is 4.98 Å². The number of nitrogens with zero attached hydrogens (tertiary/aromatic N) is 4. The molecule has 9 nitrogen and oxygen atoms in total. The first-order valence-corrected chi connectivity index (χ1v) is 12.7. The molecule has 35 heavy (non-hydrogen) atoms. The summed E-state index contributed by atoms with van der Waals surface area (Å²) in [5.74, 6) is -0.282. The standard InChI is InChI=1S/C25H28N6O3S/c26-24-23(22(32)17-4-3-5-21(16-17)31(33)34)35-25(28-24)27-18-6-8-19(9-7-18)30-14-10-20(11-15-30)29-12-1-2-13-29/h3-9,16,20H,1-2,10-15,26H2,(H,27,28). The van der Waals surface area contributed by atoms with Crippen molar-refractivity contribution in [2.24, 2.45) is 0 Å². The van der Waals surface area contributed by atoms with Crippen LogP contribution in [0.4, 0.5) is 28.0 Å². The average Bonchev–Trinajstić information content (AvgIpc) is 3.54. The number of hydrogen-bond donors (Lipinski definition) is 2. The van der Waals surface area contributed by atoms with Gasteiger partial charge in [0.1, 0.15) is 10.7 Å². The molecule has 0 saturated carbocycles. The molecule has 0 radical (unpaired) electrons. The molecule has 1 aromatic heterocycles. The van der Waals surface area contributed by atoms with Crippen LogP contribution in [0.5, 0.6) is 0 Å². The van der Waals surface area contributed by atoms with Crippen LogP contribution in [0.25, 0.3) is 0 Å². The Morgan fingerprint density at radius 2 is 1.80 bits per heavy atom.